The summed E-state index contributed by atoms with van der Waals surface area (Å²) in [6, 6.07) is 0. The first-order valence-electron chi connectivity index (χ1n) is 3.70. The van der Waals surface area contributed by atoms with E-state index in [-0.39, 0.29) is 0 Å². The van der Waals surface area contributed by atoms with Crippen LogP contribution in [-0.2, 0) is 0 Å². The summed E-state index contributed by atoms with van der Waals surface area (Å²) in [4.78, 5) is 0. The summed E-state index contributed by atoms with van der Waals surface area (Å²) in [5.41, 5.74) is 0.583. The maximum absolute atomic E-state index is 5.74. The van der Waals surface area contributed by atoms with Crippen LogP contribution in [0.25, 0.3) is 0 Å². The molecule has 0 saturated heterocycles. The van der Waals surface area contributed by atoms with Gasteiger partial charge in [0.1, 0.15) is 0 Å². The van der Waals surface area contributed by atoms with Crippen LogP contribution in [0, 0.1) is 11.3 Å². The van der Waals surface area contributed by atoms with Crippen LogP contribution in [0.1, 0.15) is 33.1 Å². The zero-order chi connectivity index (χ0) is 6.91. The van der Waals surface area contributed by atoms with E-state index in [1.807, 2.05) is 0 Å². The van der Waals surface area contributed by atoms with Crippen LogP contribution < -0.4 is 0 Å². The molecule has 54 valence electrons. The Hall–Kier alpha value is 0.290. The van der Waals surface area contributed by atoms with Crippen LogP contribution in [0.15, 0.2) is 0 Å². The SMILES string of the molecule is CC1(C)CCC(CCl)C1. The highest BCUT2D eigenvalue weighted by atomic mass is 35.5. The van der Waals surface area contributed by atoms with Gasteiger partial charge in [-0.15, -0.1) is 11.6 Å². The average Bonchev–Trinajstić information content (AvgIpc) is 2.10. The minimum atomic E-state index is 0.583. The van der Waals surface area contributed by atoms with Gasteiger partial charge >= 0.3 is 0 Å². The Balaban J connectivity index is 2.38. The van der Waals surface area contributed by atoms with Gasteiger partial charge in [-0.05, 0) is 30.6 Å². The first kappa shape index (κ1) is 7.40. The van der Waals surface area contributed by atoms with Gasteiger partial charge in [-0.1, -0.05) is 13.8 Å². The summed E-state index contributed by atoms with van der Waals surface area (Å²) in [6.45, 7) is 4.67. The van der Waals surface area contributed by atoms with Crippen molar-refractivity contribution < 1.29 is 0 Å². The first-order valence-corrected chi connectivity index (χ1v) is 4.23. The molecule has 0 aromatic heterocycles. The van der Waals surface area contributed by atoms with Crippen molar-refractivity contribution in [2.24, 2.45) is 11.3 Å². The standard InChI is InChI=1S/C8H15Cl/c1-8(2)4-3-7(5-8)6-9/h7H,3-6H2,1-2H3. The fourth-order valence-corrected chi connectivity index (χ4v) is 1.98. The van der Waals surface area contributed by atoms with Crippen LogP contribution in [0.2, 0.25) is 0 Å². The van der Waals surface area contributed by atoms with Crippen molar-refractivity contribution in [2.75, 3.05) is 5.88 Å². The second kappa shape index (κ2) is 2.49. The Morgan fingerprint density at radius 3 is 2.44 bits per heavy atom. The lowest BCUT2D eigenvalue weighted by Gasteiger charge is -2.15. The lowest BCUT2D eigenvalue weighted by atomic mass is 9.91. The van der Waals surface area contributed by atoms with Crippen LogP contribution >= 0.6 is 11.6 Å². The molecule has 0 bridgehead atoms. The lowest BCUT2D eigenvalue weighted by molar-refractivity contribution is 0.367. The second-order valence-corrected chi connectivity index (χ2v) is 4.24. The summed E-state index contributed by atoms with van der Waals surface area (Å²) in [5.74, 6) is 1.67. The third-order valence-corrected chi connectivity index (χ3v) is 2.73. The molecule has 0 aliphatic heterocycles. The van der Waals surface area contributed by atoms with Gasteiger partial charge in [-0.3, -0.25) is 0 Å². The Bertz CT molecular complexity index is 96.7. The fourth-order valence-electron chi connectivity index (χ4n) is 1.71. The van der Waals surface area contributed by atoms with E-state index in [1.165, 1.54) is 19.3 Å². The molecule has 1 fully saturated rings. The van der Waals surface area contributed by atoms with Crippen molar-refractivity contribution in [1.29, 1.82) is 0 Å². The number of hydrogen-bond donors (Lipinski definition) is 0. The summed E-state index contributed by atoms with van der Waals surface area (Å²) in [6.07, 6.45) is 4.04. The van der Waals surface area contributed by atoms with E-state index >= 15 is 0 Å². The van der Waals surface area contributed by atoms with Gasteiger partial charge in [0.15, 0.2) is 0 Å². The van der Waals surface area contributed by atoms with Crippen LogP contribution in [-0.4, -0.2) is 5.88 Å². The zero-order valence-corrected chi connectivity index (χ0v) is 7.04. The molecular formula is C8H15Cl. The number of rotatable bonds is 1. The van der Waals surface area contributed by atoms with Gasteiger partial charge in [0.05, 0.1) is 0 Å². The number of hydrogen-bond acceptors (Lipinski definition) is 0. The predicted molar refractivity (Wildman–Crippen MR) is 41.8 cm³/mol. The quantitative estimate of drug-likeness (QED) is 0.499. The summed E-state index contributed by atoms with van der Waals surface area (Å²) < 4.78 is 0. The molecule has 0 spiro atoms. The molecule has 1 heteroatoms. The van der Waals surface area contributed by atoms with Crippen LogP contribution in [0.5, 0.6) is 0 Å². The van der Waals surface area contributed by atoms with Crippen molar-refractivity contribution in [3.8, 4) is 0 Å². The zero-order valence-electron chi connectivity index (χ0n) is 6.28. The molecule has 1 aliphatic rings. The highest BCUT2D eigenvalue weighted by Crippen LogP contribution is 2.40. The molecule has 0 nitrogen and oxygen atoms in total. The molecule has 1 aliphatic carbocycles. The first-order chi connectivity index (χ1) is 4.14. The minimum Gasteiger partial charge on any atom is -0.126 e. The van der Waals surface area contributed by atoms with Gasteiger partial charge in [0.2, 0.25) is 0 Å². The Labute approximate surface area is 62.6 Å². The van der Waals surface area contributed by atoms with Gasteiger partial charge in [-0.2, -0.15) is 0 Å². The second-order valence-electron chi connectivity index (χ2n) is 3.93. The van der Waals surface area contributed by atoms with E-state index in [4.69, 9.17) is 11.6 Å². The largest absolute Gasteiger partial charge is 0.126 e. The summed E-state index contributed by atoms with van der Waals surface area (Å²) in [5, 5.41) is 0. The molecule has 0 amide bonds. The van der Waals surface area contributed by atoms with Crippen molar-refractivity contribution in [1.82, 2.24) is 0 Å². The highest BCUT2D eigenvalue weighted by Gasteiger charge is 2.29. The predicted octanol–water partition coefficient (Wildman–Crippen LogP) is 3.05. The molecule has 0 heterocycles. The Kier molecular flexibility index (Phi) is 2.05. The molecule has 0 aromatic rings. The summed E-state index contributed by atoms with van der Waals surface area (Å²) >= 11 is 5.74. The summed E-state index contributed by atoms with van der Waals surface area (Å²) in [7, 11) is 0. The molecule has 1 atom stereocenters. The molecule has 0 aromatic carbocycles. The molecule has 9 heavy (non-hydrogen) atoms. The van der Waals surface area contributed by atoms with E-state index in [1.54, 1.807) is 0 Å². The van der Waals surface area contributed by atoms with E-state index in [9.17, 15) is 0 Å². The molecule has 1 unspecified atom stereocenters. The van der Waals surface area contributed by atoms with Crippen molar-refractivity contribution in [2.45, 2.75) is 33.1 Å². The average molecular weight is 147 g/mol. The normalized spacial score (nSPS) is 33.0. The van der Waals surface area contributed by atoms with E-state index in [0.717, 1.165) is 11.8 Å². The maximum atomic E-state index is 5.74. The third-order valence-electron chi connectivity index (χ3n) is 2.29. The lowest BCUT2D eigenvalue weighted by Crippen LogP contribution is -2.05. The highest BCUT2D eigenvalue weighted by molar-refractivity contribution is 6.18. The van der Waals surface area contributed by atoms with E-state index < -0.39 is 0 Å². The van der Waals surface area contributed by atoms with E-state index in [2.05, 4.69) is 13.8 Å². The maximum Gasteiger partial charge on any atom is 0.0251 e. The van der Waals surface area contributed by atoms with Crippen LogP contribution in [0.3, 0.4) is 0 Å². The number of halogens is 1. The third kappa shape index (κ3) is 1.86. The molecule has 0 radical (unpaired) electrons. The fraction of sp³-hybridized carbons (Fsp3) is 1.00. The minimum absolute atomic E-state index is 0.583. The van der Waals surface area contributed by atoms with Crippen LogP contribution in [0.4, 0.5) is 0 Å². The Morgan fingerprint density at radius 1 is 1.56 bits per heavy atom. The molecule has 1 saturated carbocycles. The van der Waals surface area contributed by atoms with Gasteiger partial charge < -0.3 is 0 Å². The van der Waals surface area contributed by atoms with Crippen molar-refractivity contribution >= 4 is 11.6 Å². The topological polar surface area (TPSA) is 0 Å². The monoisotopic (exact) mass is 146 g/mol. The van der Waals surface area contributed by atoms with E-state index in [0.29, 0.717) is 5.41 Å². The van der Waals surface area contributed by atoms with Crippen molar-refractivity contribution in [3.05, 3.63) is 0 Å². The van der Waals surface area contributed by atoms with Gasteiger partial charge in [-0.25, -0.2) is 0 Å². The molecular weight excluding hydrogens is 132 g/mol. The van der Waals surface area contributed by atoms with Gasteiger partial charge in [0.25, 0.3) is 0 Å². The molecule has 1 rings (SSSR count). The smallest absolute Gasteiger partial charge is 0.0251 e. The number of alkyl halides is 1. The van der Waals surface area contributed by atoms with Crippen molar-refractivity contribution in [3.63, 3.8) is 0 Å². The molecule has 0 N–H and O–H groups in total. The Morgan fingerprint density at radius 2 is 2.22 bits per heavy atom. The van der Waals surface area contributed by atoms with Gasteiger partial charge in [0, 0.05) is 5.88 Å².